The number of benzene rings is 2. The van der Waals surface area contributed by atoms with E-state index in [0.717, 1.165) is 10.5 Å². The highest BCUT2D eigenvalue weighted by Crippen LogP contribution is 2.48. The molecule has 0 saturated carbocycles. The number of thioether (sulfide) groups is 1. The van der Waals surface area contributed by atoms with Crippen molar-refractivity contribution in [3.63, 3.8) is 0 Å². The molecule has 1 fully saturated rings. The van der Waals surface area contributed by atoms with Crippen molar-refractivity contribution >= 4 is 52.6 Å². The summed E-state index contributed by atoms with van der Waals surface area (Å²) in [6.45, 7) is 4.04. The minimum absolute atomic E-state index is 0.171. The minimum Gasteiger partial charge on any atom is -0.306 e. The van der Waals surface area contributed by atoms with Crippen LogP contribution in [0.2, 0.25) is 10.0 Å². The zero-order chi connectivity index (χ0) is 20.9. The predicted molar refractivity (Wildman–Crippen MR) is 115 cm³/mol. The van der Waals surface area contributed by atoms with E-state index >= 15 is 0 Å². The molecule has 150 valence electrons. The fourth-order valence-electron chi connectivity index (χ4n) is 3.62. The Morgan fingerprint density at radius 2 is 1.76 bits per heavy atom. The van der Waals surface area contributed by atoms with Crippen LogP contribution in [0.4, 0.5) is 14.9 Å². The van der Waals surface area contributed by atoms with Crippen molar-refractivity contribution in [2.24, 2.45) is 5.92 Å². The number of carbonyl (C=O) groups is 2. The van der Waals surface area contributed by atoms with Crippen LogP contribution in [0.3, 0.4) is 0 Å². The minimum atomic E-state index is -0.451. The van der Waals surface area contributed by atoms with E-state index in [-0.39, 0.29) is 22.8 Å². The SMILES string of the molecule is CC1=C(C)C2C(=O)N(c3ccc(Cl)cc3)C(=O)N(Cc3ccc(F)cc3Cl)C2S1. The topological polar surface area (TPSA) is 40.6 Å². The van der Waals surface area contributed by atoms with Crippen molar-refractivity contribution in [3.8, 4) is 0 Å². The Kier molecular flexibility index (Phi) is 5.36. The lowest BCUT2D eigenvalue weighted by Gasteiger charge is -2.42. The molecule has 2 aliphatic rings. The molecule has 2 atom stereocenters. The summed E-state index contributed by atoms with van der Waals surface area (Å²) in [4.78, 5) is 30.5. The number of nitrogens with zero attached hydrogens (tertiary/aromatic N) is 2. The number of fused-ring (bicyclic) bond motifs is 1. The van der Waals surface area contributed by atoms with Gasteiger partial charge in [0.2, 0.25) is 5.91 Å². The maximum atomic E-state index is 13.4. The van der Waals surface area contributed by atoms with Crippen LogP contribution in [0.25, 0.3) is 0 Å². The van der Waals surface area contributed by atoms with E-state index in [1.165, 1.54) is 28.8 Å². The Labute approximate surface area is 182 Å². The molecule has 0 N–H and O–H groups in total. The molecule has 0 bridgehead atoms. The number of carbonyl (C=O) groups excluding carboxylic acids is 2. The number of hydrogen-bond donors (Lipinski definition) is 0. The van der Waals surface area contributed by atoms with Gasteiger partial charge in [-0.15, -0.1) is 11.8 Å². The molecule has 2 aromatic carbocycles. The first-order chi connectivity index (χ1) is 13.8. The van der Waals surface area contributed by atoms with Crippen LogP contribution in [-0.4, -0.2) is 22.2 Å². The summed E-state index contributed by atoms with van der Waals surface area (Å²) >= 11 is 13.7. The van der Waals surface area contributed by atoms with Gasteiger partial charge in [0.15, 0.2) is 0 Å². The number of allylic oxidation sites excluding steroid dienone is 1. The number of rotatable bonds is 3. The molecule has 1 saturated heterocycles. The van der Waals surface area contributed by atoms with Crippen molar-refractivity contribution in [2.75, 3.05) is 4.90 Å². The van der Waals surface area contributed by atoms with Crippen molar-refractivity contribution < 1.29 is 14.0 Å². The summed E-state index contributed by atoms with van der Waals surface area (Å²) in [5.41, 5.74) is 2.03. The van der Waals surface area contributed by atoms with Gasteiger partial charge < -0.3 is 4.90 Å². The molecule has 29 heavy (non-hydrogen) atoms. The fourth-order valence-corrected chi connectivity index (χ4v) is 5.39. The zero-order valence-corrected chi connectivity index (χ0v) is 18.0. The molecule has 0 radical (unpaired) electrons. The van der Waals surface area contributed by atoms with Crippen molar-refractivity contribution in [1.29, 1.82) is 0 Å². The molecule has 2 heterocycles. The van der Waals surface area contributed by atoms with Crippen molar-refractivity contribution in [3.05, 3.63) is 74.4 Å². The Morgan fingerprint density at radius 1 is 1.07 bits per heavy atom. The summed E-state index contributed by atoms with van der Waals surface area (Å²) in [6, 6.07) is 10.2. The molecule has 0 spiro atoms. The number of amides is 3. The quantitative estimate of drug-likeness (QED) is 0.568. The van der Waals surface area contributed by atoms with Gasteiger partial charge in [-0.05, 0) is 66.3 Å². The molecule has 4 nitrogen and oxygen atoms in total. The lowest BCUT2D eigenvalue weighted by Crippen LogP contribution is -2.60. The molecule has 0 aliphatic carbocycles. The average Bonchev–Trinajstić information content (AvgIpc) is 2.97. The van der Waals surface area contributed by atoms with Gasteiger partial charge in [-0.2, -0.15) is 0 Å². The zero-order valence-electron chi connectivity index (χ0n) is 15.7. The van der Waals surface area contributed by atoms with Crippen LogP contribution in [-0.2, 0) is 11.3 Å². The maximum absolute atomic E-state index is 13.4. The first-order valence-electron chi connectivity index (χ1n) is 8.96. The van der Waals surface area contributed by atoms with Crippen LogP contribution >= 0.6 is 35.0 Å². The number of anilines is 1. The maximum Gasteiger partial charge on any atom is 0.332 e. The summed E-state index contributed by atoms with van der Waals surface area (Å²) in [5, 5.41) is 0.398. The third kappa shape index (κ3) is 3.54. The van der Waals surface area contributed by atoms with Crippen LogP contribution in [0.1, 0.15) is 19.4 Å². The first-order valence-corrected chi connectivity index (χ1v) is 10.6. The third-order valence-electron chi connectivity index (χ3n) is 5.28. The Bertz CT molecular complexity index is 1040. The van der Waals surface area contributed by atoms with E-state index in [2.05, 4.69) is 0 Å². The Morgan fingerprint density at radius 3 is 2.41 bits per heavy atom. The van der Waals surface area contributed by atoms with Gasteiger partial charge in [0.05, 0.1) is 23.5 Å². The molecular formula is C21H17Cl2FN2O2S. The molecular weight excluding hydrogens is 434 g/mol. The normalized spacial score (nSPS) is 21.8. The molecule has 4 rings (SSSR count). The number of imide groups is 1. The van der Waals surface area contributed by atoms with Gasteiger partial charge in [-0.25, -0.2) is 14.1 Å². The number of halogens is 3. The second-order valence-corrected chi connectivity index (χ2v) is 9.20. The Hall–Kier alpha value is -2.02. The Balaban J connectivity index is 1.76. The third-order valence-corrected chi connectivity index (χ3v) is 7.32. The van der Waals surface area contributed by atoms with Crippen LogP contribution in [0, 0.1) is 11.7 Å². The standard InChI is InChI=1S/C21H17Cl2FN2O2S/c1-11-12(2)29-20-18(11)19(27)26(16-7-4-14(22)5-8-16)21(28)25(20)10-13-3-6-15(24)9-17(13)23/h3-9,18,20H,10H2,1-2H3. The highest BCUT2D eigenvalue weighted by Gasteiger charge is 2.51. The fraction of sp³-hybridized carbons (Fsp3) is 0.238. The monoisotopic (exact) mass is 450 g/mol. The van der Waals surface area contributed by atoms with Gasteiger partial charge in [0.25, 0.3) is 0 Å². The molecule has 3 amide bonds. The number of hydrogen-bond acceptors (Lipinski definition) is 3. The van der Waals surface area contributed by atoms with Gasteiger partial charge in [-0.1, -0.05) is 29.3 Å². The van der Waals surface area contributed by atoms with E-state index in [9.17, 15) is 14.0 Å². The van der Waals surface area contributed by atoms with E-state index in [1.807, 2.05) is 13.8 Å². The van der Waals surface area contributed by atoms with Gasteiger partial charge in [0, 0.05) is 10.0 Å². The number of urea groups is 1. The molecule has 2 aromatic rings. The molecule has 2 unspecified atom stereocenters. The van der Waals surface area contributed by atoms with Gasteiger partial charge >= 0.3 is 6.03 Å². The van der Waals surface area contributed by atoms with E-state index in [1.54, 1.807) is 35.2 Å². The van der Waals surface area contributed by atoms with Crippen molar-refractivity contribution in [1.82, 2.24) is 4.90 Å². The van der Waals surface area contributed by atoms with E-state index in [0.29, 0.717) is 16.3 Å². The van der Waals surface area contributed by atoms with Crippen molar-refractivity contribution in [2.45, 2.75) is 25.8 Å². The molecule has 2 aliphatic heterocycles. The highest BCUT2D eigenvalue weighted by molar-refractivity contribution is 8.03. The first kappa shape index (κ1) is 20.3. The van der Waals surface area contributed by atoms with Crippen LogP contribution < -0.4 is 4.90 Å². The van der Waals surface area contributed by atoms with Crippen LogP contribution in [0.5, 0.6) is 0 Å². The smallest absolute Gasteiger partial charge is 0.306 e. The van der Waals surface area contributed by atoms with E-state index in [4.69, 9.17) is 23.2 Å². The largest absolute Gasteiger partial charge is 0.332 e. The lowest BCUT2D eigenvalue weighted by atomic mass is 9.95. The van der Waals surface area contributed by atoms with E-state index < -0.39 is 17.8 Å². The van der Waals surface area contributed by atoms with Crippen LogP contribution in [0.15, 0.2) is 52.9 Å². The summed E-state index contributed by atoms with van der Waals surface area (Å²) in [7, 11) is 0. The second kappa shape index (κ2) is 7.67. The summed E-state index contributed by atoms with van der Waals surface area (Å²) in [6.07, 6.45) is 0. The lowest BCUT2D eigenvalue weighted by molar-refractivity contribution is -0.122. The predicted octanol–water partition coefficient (Wildman–Crippen LogP) is 6.08. The second-order valence-electron chi connectivity index (χ2n) is 7.02. The molecule has 8 heteroatoms. The summed E-state index contributed by atoms with van der Waals surface area (Å²) in [5.74, 6) is -1.15. The van der Waals surface area contributed by atoms with Gasteiger partial charge in [-0.3, -0.25) is 4.79 Å². The average molecular weight is 451 g/mol. The molecule has 0 aromatic heterocycles. The summed E-state index contributed by atoms with van der Waals surface area (Å²) < 4.78 is 13.4. The van der Waals surface area contributed by atoms with Gasteiger partial charge in [0.1, 0.15) is 5.82 Å². The highest BCUT2D eigenvalue weighted by atomic mass is 35.5.